The van der Waals surface area contributed by atoms with Crippen LogP contribution in [0.25, 0.3) is 0 Å². The summed E-state index contributed by atoms with van der Waals surface area (Å²) in [4.78, 5) is 0. The zero-order chi connectivity index (χ0) is 13.9. The second-order valence-corrected chi connectivity index (χ2v) is 6.83. The number of hydrogen-bond acceptors (Lipinski definition) is 3. The van der Waals surface area contributed by atoms with Crippen molar-refractivity contribution in [1.82, 2.24) is 0 Å². The van der Waals surface area contributed by atoms with E-state index in [0.29, 0.717) is 23.8 Å². The molecule has 0 saturated carbocycles. The largest absolute Gasteiger partial charge is 0.492 e. The van der Waals surface area contributed by atoms with Crippen LogP contribution in [-0.2, 0) is 0 Å². The minimum absolute atomic E-state index is 0.257. The van der Waals surface area contributed by atoms with Crippen molar-refractivity contribution >= 4 is 17.4 Å². The van der Waals surface area contributed by atoms with E-state index in [1.807, 2.05) is 18.7 Å². The Kier molecular flexibility index (Phi) is 4.61. The molecular weight excluding hydrogens is 261 g/mol. The molecule has 1 unspecified atom stereocenters. The maximum absolute atomic E-state index is 13.3. The van der Waals surface area contributed by atoms with Gasteiger partial charge in [0.05, 0.1) is 12.3 Å². The van der Waals surface area contributed by atoms with Gasteiger partial charge < -0.3 is 10.1 Å². The SMILES string of the molecule is CCOc1cc(F)ccc1NC1CSCC(C)(C)C1. The fourth-order valence-corrected chi connectivity index (χ4v) is 3.74. The zero-order valence-electron chi connectivity index (χ0n) is 11.8. The highest BCUT2D eigenvalue weighted by Gasteiger charge is 2.28. The smallest absolute Gasteiger partial charge is 0.145 e. The molecule has 1 heterocycles. The monoisotopic (exact) mass is 283 g/mol. The molecule has 1 aliphatic rings. The molecule has 2 rings (SSSR count). The molecule has 0 aromatic heterocycles. The molecule has 0 spiro atoms. The summed E-state index contributed by atoms with van der Waals surface area (Å²) in [5, 5.41) is 3.50. The van der Waals surface area contributed by atoms with Gasteiger partial charge >= 0.3 is 0 Å². The van der Waals surface area contributed by atoms with Crippen molar-refractivity contribution in [1.29, 1.82) is 0 Å². The van der Waals surface area contributed by atoms with Crippen molar-refractivity contribution in [2.45, 2.75) is 33.2 Å². The summed E-state index contributed by atoms with van der Waals surface area (Å²) in [7, 11) is 0. The minimum atomic E-state index is -0.257. The van der Waals surface area contributed by atoms with Gasteiger partial charge in [-0.25, -0.2) is 4.39 Å². The number of ether oxygens (including phenoxy) is 1. The quantitative estimate of drug-likeness (QED) is 0.896. The van der Waals surface area contributed by atoms with Gasteiger partial charge in [0.1, 0.15) is 11.6 Å². The van der Waals surface area contributed by atoms with Crippen LogP contribution in [0.3, 0.4) is 0 Å². The van der Waals surface area contributed by atoms with Crippen molar-refractivity contribution < 1.29 is 9.13 Å². The first-order chi connectivity index (χ1) is 9.00. The minimum Gasteiger partial charge on any atom is -0.492 e. The van der Waals surface area contributed by atoms with Gasteiger partial charge in [0.15, 0.2) is 0 Å². The van der Waals surface area contributed by atoms with Crippen molar-refractivity contribution in [3.63, 3.8) is 0 Å². The van der Waals surface area contributed by atoms with Gasteiger partial charge in [-0.05, 0) is 36.6 Å². The summed E-state index contributed by atoms with van der Waals surface area (Å²) in [5.74, 6) is 2.64. The summed E-state index contributed by atoms with van der Waals surface area (Å²) in [6, 6.07) is 5.12. The van der Waals surface area contributed by atoms with E-state index in [-0.39, 0.29) is 5.82 Å². The summed E-state index contributed by atoms with van der Waals surface area (Å²) >= 11 is 1.97. The lowest BCUT2D eigenvalue weighted by atomic mass is 9.88. The number of hydrogen-bond donors (Lipinski definition) is 1. The van der Waals surface area contributed by atoms with Gasteiger partial charge in [0.2, 0.25) is 0 Å². The molecule has 2 nitrogen and oxygen atoms in total. The van der Waals surface area contributed by atoms with Gasteiger partial charge in [0.25, 0.3) is 0 Å². The van der Waals surface area contributed by atoms with E-state index in [2.05, 4.69) is 19.2 Å². The van der Waals surface area contributed by atoms with Crippen LogP contribution in [-0.4, -0.2) is 24.2 Å². The predicted molar refractivity (Wildman–Crippen MR) is 80.7 cm³/mol. The molecule has 0 radical (unpaired) electrons. The summed E-state index contributed by atoms with van der Waals surface area (Å²) in [6.07, 6.45) is 1.13. The molecule has 106 valence electrons. The maximum atomic E-state index is 13.3. The number of benzene rings is 1. The summed E-state index contributed by atoms with van der Waals surface area (Å²) < 4.78 is 18.8. The first-order valence-electron chi connectivity index (χ1n) is 6.77. The highest BCUT2D eigenvalue weighted by molar-refractivity contribution is 7.99. The third-order valence-corrected chi connectivity index (χ3v) is 4.84. The van der Waals surface area contributed by atoms with E-state index in [1.54, 1.807) is 6.07 Å². The highest BCUT2D eigenvalue weighted by Crippen LogP contribution is 2.36. The topological polar surface area (TPSA) is 21.3 Å². The highest BCUT2D eigenvalue weighted by atomic mass is 32.2. The summed E-state index contributed by atoms with van der Waals surface area (Å²) in [5.41, 5.74) is 1.25. The van der Waals surface area contributed by atoms with E-state index in [0.717, 1.165) is 17.9 Å². The van der Waals surface area contributed by atoms with Crippen LogP contribution in [0.2, 0.25) is 0 Å². The Hall–Kier alpha value is -0.900. The van der Waals surface area contributed by atoms with Crippen LogP contribution >= 0.6 is 11.8 Å². The third-order valence-electron chi connectivity index (χ3n) is 3.21. The van der Waals surface area contributed by atoms with E-state index in [4.69, 9.17) is 4.74 Å². The molecule has 1 saturated heterocycles. The number of nitrogens with one attached hydrogen (secondary N) is 1. The Morgan fingerprint density at radius 1 is 1.47 bits per heavy atom. The molecule has 1 aromatic carbocycles. The normalized spacial score (nSPS) is 22.0. The lowest BCUT2D eigenvalue weighted by Gasteiger charge is -2.35. The Balaban J connectivity index is 2.09. The second-order valence-electron chi connectivity index (χ2n) is 5.80. The average molecular weight is 283 g/mol. The van der Waals surface area contributed by atoms with Crippen LogP contribution in [0.4, 0.5) is 10.1 Å². The van der Waals surface area contributed by atoms with Crippen molar-refractivity contribution in [3.8, 4) is 5.75 Å². The van der Waals surface area contributed by atoms with Gasteiger partial charge in [-0.1, -0.05) is 13.8 Å². The molecule has 4 heteroatoms. The third kappa shape index (κ3) is 4.03. The number of rotatable bonds is 4. The van der Waals surface area contributed by atoms with Crippen LogP contribution < -0.4 is 10.1 Å². The maximum Gasteiger partial charge on any atom is 0.145 e. The molecule has 1 aliphatic heterocycles. The molecule has 1 N–H and O–H groups in total. The molecular formula is C15H22FNOS. The van der Waals surface area contributed by atoms with Gasteiger partial charge in [-0.15, -0.1) is 0 Å². The van der Waals surface area contributed by atoms with E-state index in [9.17, 15) is 4.39 Å². The lowest BCUT2D eigenvalue weighted by molar-refractivity contribution is 0.336. The second kappa shape index (κ2) is 6.04. The molecule has 0 amide bonds. The fraction of sp³-hybridized carbons (Fsp3) is 0.600. The summed E-state index contributed by atoms with van der Waals surface area (Å²) in [6.45, 7) is 7.04. The average Bonchev–Trinajstić information content (AvgIpc) is 2.32. The van der Waals surface area contributed by atoms with Crippen LogP contribution in [0.1, 0.15) is 27.2 Å². The van der Waals surface area contributed by atoms with Crippen molar-refractivity contribution in [2.24, 2.45) is 5.41 Å². The van der Waals surface area contributed by atoms with Crippen LogP contribution in [0.5, 0.6) is 5.75 Å². The molecule has 1 fully saturated rings. The van der Waals surface area contributed by atoms with Gasteiger partial charge in [-0.2, -0.15) is 11.8 Å². The number of thioether (sulfide) groups is 1. The zero-order valence-corrected chi connectivity index (χ0v) is 12.6. The Bertz CT molecular complexity index is 436. The molecule has 0 bridgehead atoms. The first kappa shape index (κ1) is 14.5. The van der Waals surface area contributed by atoms with Gasteiger partial charge in [0, 0.05) is 17.9 Å². The molecule has 0 aliphatic carbocycles. The van der Waals surface area contributed by atoms with Crippen molar-refractivity contribution in [2.75, 3.05) is 23.4 Å². The lowest BCUT2D eigenvalue weighted by Crippen LogP contribution is -2.35. The number of anilines is 1. The van der Waals surface area contributed by atoms with Crippen LogP contribution in [0.15, 0.2) is 18.2 Å². The molecule has 19 heavy (non-hydrogen) atoms. The van der Waals surface area contributed by atoms with Gasteiger partial charge in [-0.3, -0.25) is 0 Å². The number of halogens is 1. The Labute approximate surface area is 119 Å². The van der Waals surface area contributed by atoms with E-state index >= 15 is 0 Å². The Morgan fingerprint density at radius 3 is 2.95 bits per heavy atom. The Morgan fingerprint density at radius 2 is 2.26 bits per heavy atom. The first-order valence-corrected chi connectivity index (χ1v) is 7.92. The molecule has 1 aromatic rings. The predicted octanol–water partition coefficient (Wildman–Crippen LogP) is 4.17. The molecule has 1 atom stereocenters. The van der Waals surface area contributed by atoms with Crippen LogP contribution in [0, 0.1) is 11.2 Å². The standard InChI is InChI=1S/C15H22FNOS/c1-4-18-14-7-11(16)5-6-13(14)17-12-8-15(2,3)10-19-9-12/h5-7,12,17H,4,8-10H2,1-3H3. The van der Waals surface area contributed by atoms with E-state index in [1.165, 1.54) is 17.9 Å². The fourth-order valence-electron chi connectivity index (χ4n) is 2.47. The van der Waals surface area contributed by atoms with E-state index < -0.39 is 0 Å². The van der Waals surface area contributed by atoms with Crippen molar-refractivity contribution in [3.05, 3.63) is 24.0 Å².